The van der Waals surface area contributed by atoms with Crippen molar-refractivity contribution in [2.75, 3.05) is 6.61 Å². The summed E-state index contributed by atoms with van der Waals surface area (Å²) in [6, 6.07) is 17.2. The normalized spacial score (nSPS) is 11.0. The zero-order chi connectivity index (χ0) is 17.9. The number of fused-ring (bicyclic) bond motifs is 1. The molecule has 0 saturated carbocycles. The topological polar surface area (TPSA) is 74.8 Å². The van der Waals surface area contributed by atoms with E-state index in [0.717, 1.165) is 17.0 Å². The smallest absolute Gasteiger partial charge is 0.283 e. The summed E-state index contributed by atoms with van der Waals surface area (Å²) in [6.07, 6.45) is 1.53. The van der Waals surface area contributed by atoms with Gasteiger partial charge in [-0.25, -0.2) is 4.98 Å². The Bertz CT molecular complexity index is 1080. The zero-order valence-corrected chi connectivity index (χ0v) is 14.2. The van der Waals surface area contributed by atoms with Crippen LogP contribution in [0.2, 0.25) is 0 Å². The Labute approximate surface area is 149 Å². The van der Waals surface area contributed by atoms with Gasteiger partial charge in [-0.3, -0.25) is 9.36 Å². The molecule has 2 heterocycles. The fourth-order valence-corrected chi connectivity index (χ4v) is 2.76. The van der Waals surface area contributed by atoms with Crippen LogP contribution in [0.1, 0.15) is 12.5 Å². The van der Waals surface area contributed by atoms with Crippen LogP contribution in [0.15, 0.2) is 65.7 Å². The lowest BCUT2D eigenvalue weighted by atomic mass is 10.2. The fraction of sp³-hybridized carbons (Fsp3) is 0.158. The molecule has 0 aliphatic heterocycles. The predicted molar refractivity (Wildman–Crippen MR) is 97.6 cm³/mol. The van der Waals surface area contributed by atoms with Crippen LogP contribution in [0.25, 0.3) is 16.9 Å². The molecule has 0 radical (unpaired) electrons. The quantitative estimate of drug-likeness (QED) is 0.554. The van der Waals surface area contributed by atoms with Crippen molar-refractivity contribution < 1.29 is 4.74 Å². The molecule has 2 aromatic heterocycles. The molecule has 2 aromatic carbocycles. The van der Waals surface area contributed by atoms with Crippen LogP contribution in [0.3, 0.4) is 0 Å². The predicted octanol–water partition coefficient (Wildman–Crippen LogP) is 2.42. The maximum atomic E-state index is 12.7. The Morgan fingerprint density at radius 2 is 1.81 bits per heavy atom. The van der Waals surface area contributed by atoms with E-state index in [9.17, 15) is 4.79 Å². The van der Waals surface area contributed by atoms with Crippen LogP contribution in [-0.4, -0.2) is 31.2 Å². The lowest BCUT2D eigenvalue weighted by Gasteiger charge is -2.06. The summed E-state index contributed by atoms with van der Waals surface area (Å²) in [5.74, 6) is 0.777. The Kier molecular flexibility index (Phi) is 4.18. The molecule has 0 saturated heterocycles. The van der Waals surface area contributed by atoms with E-state index in [1.165, 1.54) is 10.9 Å². The molecule has 0 spiro atoms. The molecule has 0 N–H and O–H groups in total. The molecule has 0 atom stereocenters. The van der Waals surface area contributed by atoms with Gasteiger partial charge in [0.2, 0.25) is 0 Å². The third-order valence-corrected chi connectivity index (χ3v) is 4.02. The fourth-order valence-electron chi connectivity index (χ4n) is 2.76. The first-order valence-corrected chi connectivity index (χ1v) is 8.34. The summed E-state index contributed by atoms with van der Waals surface area (Å²) in [5, 5.41) is 8.14. The van der Waals surface area contributed by atoms with Gasteiger partial charge in [-0.2, -0.15) is 4.68 Å². The Hall–Kier alpha value is -3.48. The first kappa shape index (κ1) is 16.0. The first-order valence-electron chi connectivity index (χ1n) is 8.34. The van der Waals surface area contributed by atoms with Gasteiger partial charge in [0.15, 0.2) is 11.2 Å². The molecule has 26 heavy (non-hydrogen) atoms. The average molecular weight is 347 g/mol. The van der Waals surface area contributed by atoms with Crippen molar-refractivity contribution in [2.45, 2.75) is 13.5 Å². The standard InChI is InChI=1S/C19H17N5O2/c1-2-26-16-10-8-15(9-11-16)24-18-17(21-22-24)19(25)23(13-20-18)12-14-6-4-3-5-7-14/h3-11,13H,2,12H2,1H3. The third-order valence-electron chi connectivity index (χ3n) is 4.02. The van der Waals surface area contributed by atoms with Gasteiger partial charge >= 0.3 is 0 Å². The number of hydrogen-bond donors (Lipinski definition) is 0. The Morgan fingerprint density at radius 1 is 1.04 bits per heavy atom. The van der Waals surface area contributed by atoms with Crippen molar-refractivity contribution in [3.05, 3.63) is 76.8 Å². The zero-order valence-electron chi connectivity index (χ0n) is 14.2. The van der Waals surface area contributed by atoms with Crippen molar-refractivity contribution in [2.24, 2.45) is 0 Å². The van der Waals surface area contributed by atoms with E-state index in [-0.39, 0.29) is 11.1 Å². The van der Waals surface area contributed by atoms with Gasteiger partial charge in [0.25, 0.3) is 5.56 Å². The molecule has 0 aliphatic carbocycles. The molecule has 0 amide bonds. The second kappa shape index (κ2) is 6.79. The van der Waals surface area contributed by atoms with Crippen LogP contribution < -0.4 is 10.3 Å². The van der Waals surface area contributed by atoms with Crippen molar-refractivity contribution in [3.8, 4) is 11.4 Å². The van der Waals surface area contributed by atoms with Gasteiger partial charge in [0.1, 0.15) is 12.1 Å². The van der Waals surface area contributed by atoms with E-state index >= 15 is 0 Å². The monoisotopic (exact) mass is 347 g/mol. The molecule has 4 rings (SSSR count). The summed E-state index contributed by atoms with van der Waals surface area (Å²) in [4.78, 5) is 17.1. The van der Waals surface area contributed by atoms with Crippen LogP contribution in [0, 0.1) is 0 Å². The van der Waals surface area contributed by atoms with Crippen molar-refractivity contribution in [1.29, 1.82) is 0 Å². The maximum absolute atomic E-state index is 12.7. The molecule has 130 valence electrons. The lowest BCUT2D eigenvalue weighted by molar-refractivity contribution is 0.340. The molecule has 0 aliphatic rings. The van der Waals surface area contributed by atoms with Crippen LogP contribution in [-0.2, 0) is 6.54 Å². The van der Waals surface area contributed by atoms with E-state index in [4.69, 9.17) is 4.74 Å². The second-order valence-electron chi connectivity index (χ2n) is 5.76. The van der Waals surface area contributed by atoms with Gasteiger partial charge in [-0.1, -0.05) is 35.5 Å². The van der Waals surface area contributed by atoms with Crippen molar-refractivity contribution in [3.63, 3.8) is 0 Å². The molecule has 0 unspecified atom stereocenters. The average Bonchev–Trinajstić information content (AvgIpc) is 3.11. The Morgan fingerprint density at radius 3 is 2.54 bits per heavy atom. The summed E-state index contributed by atoms with van der Waals surface area (Å²) >= 11 is 0. The largest absolute Gasteiger partial charge is 0.494 e. The van der Waals surface area contributed by atoms with Gasteiger partial charge in [-0.05, 0) is 36.8 Å². The van der Waals surface area contributed by atoms with Gasteiger partial charge < -0.3 is 4.74 Å². The number of benzene rings is 2. The number of rotatable bonds is 5. The summed E-state index contributed by atoms with van der Waals surface area (Å²) in [7, 11) is 0. The second-order valence-corrected chi connectivity index (χ2v) is 5.76. The van der Waals surface area contributed by atoms with E-state index in [2.05, 4.69) is 15.3 Å². The number of nitrogens with zero attached hydrogens (tertiary/aromatic N) is 5. The maximum Gasteiger partial charge on any atom is 0.283 e. The summed E-state index contributed by atoms with van der Waals surface area (Å²) < 4.78 is 8.53. The molecule has 7 heteroatoms. The van der Waals surface area contributed by atoms with E-state index in [1.807, 2.05) is 61.5 Å². The van der Waals surface area contributed by atoms with E-state index < -0.39 is 0 Å². The minimum absolute atomic E-state index is 0.212. The minimum Gasteiger partial charge on any atom is -0.494 e. The molecular formula is C19H17N5O2. The highest BCUT2D eigenvalue weighted by atomic mass is 16.5. The summed E-state index contributed by atoms with van der Waals surface area (Å²) in [5.41, 5.74) is 2.26. The van der Waals surface area contributed by atoms with Crippen molar-refractivity contribution >= 4 is 11.2 Å². The highest BCUT2D eigenvalue weighted by Gasteiger charge is 2.13. The van der Waals surface area contributed by atoms with E-state index in [1.54, 1.807) is 4.68 Å². The molecule has 4 aromatic rings. The van der Waals surface area contributed by atoms with Crippen molar-refractivity contribution in [1.82, 2.24) is 24.5 Å². The number of aromatic nitrogens is 5. The highest BCUT2D eigenvalue weighted by molar-refractivity contribution is 5.70. The van der Waals surface area contributed by atoms with Crippen LogP contribution in [0.4, 0.5) is 0 Å². The minimum atomic E-state index is -0.212. The molecule has 7 nitrogen and oxygen atoms in total. The van der Waals surface area contributed by atoms with E-state index in [0.29, 0.717) is 18.8 Å². The van der Waals surface area contributed by atoms with Gasteiger partial charge in [0, 0.05) is 0 Å². The van der Waals surface area contributed by atoms with Crippen LogP contribution in [0.5, 0.6) is 5.75 Å². The first-order chi connectivity index (χ1) is 12.8. The van der Waals surface area contributed by atoms with Gasteiger partial charge in [0.05, 0.1) is 18.8 Å². The lowest BCUT2D eigenvalue weighted by Crippen LogP contribution is -2.21. The van der Waals surface area contributed by atoms with Gasteiger partial charge in [-0.15, -0.1) is 5.10 Å². The number of hydrogen-bond acceptors (Lipinski definition) is 5. The highest BCUT2D eigenvalue weighted by Crippen LogP contribution is 2.17. The summed E-state index contributed by atoms with van der Waals surface area (Å²) in [6.45, 7) is 2.98. The number of ether oxygens (including phenoxy) is 1. The Balaban J connectivity index is 1.71. The molecule has 0 fully saturated rings. The SMILES string of the molecule is CCOc1ccc(-n2nnc3c(=O)n(Cc4ccccc4)cnc32)cc1. The third kappa shape index (κ3) is 2.95. The van der Waals surface area contributed by atoms with Crippen LogP contribution >= 0.6 is 0 Å². The molecule has 0 bridgehead atoms. The molecular weight excluding hydrogens is 330 g/mol.